The van der Waals surface area contributed by atoms with E-state index in [1.165, 1.54) is 13.3 Å². The van der Waals surface area contributed by atoms with E-state index in [2.05, 4.69) is 4.98 Å². The maximum Gasteiger partial charge on any atom is 0.172 e. The third-order valence-electron chi connectivity index (χ3n) is 3.71. The zero-order valence-electron chi connectivity index (χ0n) is 12.1. The largest absolute Gasteiger partial charge is 0.497 e. The third-order valence-corrected chi connectivity index (χ3v) is 3.71. The Morgan fingerprint density at radius 3 is 2.68 bits per heavy atom. The molecule has 22 heavy (non-hydrogen) atoms. The number of pyridine rings is 1. The van der Waals surface area contributed by atoms with E-state index in [-0.39, 0.29) is 0 Å². The zero-order chi connectivity index (χ0) is 15.6. The summed E-state index contributed by atoms with van der Waals surface area (Å²) in [4.78, 5) is 16.0. The van der Waals surface area contributed by atoms with E-state index in [4.69, 9.17) is 4.74 Å². The molecule has 3 rings (SSSR count). The third kappa shape index (κ3) is 2.34. The maximum absolute atomic E-state index is 11.6. The van der Waals surface area contributed by atoms with Crippen LogP contribution in [0.4, 0.5) is 0 Å². The first-order valence-corrected chi connectivity index (χ1v) is 6.86. The second kappa shape index (κ2) is 5.58. The molecule has 0 fully saturated rings. The van der Waals surface area contributed by atoms with Crippen LogP contribution in [0.5, 0.6) is 5.75 Å². The minimum absolute atomic E-state index is 0.425. The summed E-state index contributed by atoms with van der Waals surface area (Å²) in [6, 6.07) is 16.1. The molecule has 110 valence electrons. The molecular weight excluding hydrogens is 278 g/mol. The lowest BCUT2D eigenvalue weighted by molar-refractivity contribution is -0.121. The van der Waals surface area contributed by atoms with E-state index in [9.17, 15) is 9.90 Å². The highest BCUT2D eigenvalue weighted by molar-refractivity contribution is 5.81. The molecule has 0 aliphatic rings. The van der Waals surface area contributed by atoms with Crippen LogP contribution in [0.3, 0.4) is 0 Å². The maximum atomic E-state index is 11.6. The van der Waals surface area contributed by atoms with Gasteiger partial charge in [-0.05, 0) is 29.8 Å². The van der Waals surface area contributed by atoms with Crippen LogP contribution in [0.25, 0.3) is 10.9 Å². The van der Waals surface area contributed by atoms with Crippen molar-refractivity contribution in [2.45, 2.75) is 5.60 Å². The summed E-state index contributed by atoms with van der Waals surface area (Å²) in [6.45, 7) is 0. The van der Waals surface area contributed by atoms with E-state index < -0.39 is 5.60 Å². The van der Waals surface area contributed by atoms with Gasteiger partial charge in [0.1, 0.15) is 5.75 Å². The molecule has 4 nitrogen and oxygen atoms in total. The minimum Gasteiger partial charge on any atom is -0.497 e. The summed E-state index contributed by atoms with van der Waals surface area (Å²) >= 11 is 0. The van der Waals surface area contributed by atoms with Crippen molar-refractivity contribution in [3.8, 4) is 5.75 Å². The zero-order valence-corrected chi connectivity index (χ0v) is 12.1. The van der Waals surface area contributed by atoms with Crippen molar-refractivity contribution in [3.05, 3.63) is 71.9 Å². The SMILES string of the molecule is COc1cccc(C(O)(C=O)c2cnc3ccccc3c2)c1. The topological polar surface area (TPSA) is 59.4 Å². The first-order valence-electron chi connectivity index (χ1n) is 6.86. The second-order valence-electron chi connectivity index (χ2n) is 5.03. The molecule has 0 aliphatic heterocycles. The molecule has 0 spiro atoms. The first kappa shape index (κ1) is 14.2. The highest BCUT2D eigenvalue weighted by atomic mass is 16.5. The fraction of sp³-hybridized carbons (Fsp3) is 0.111. The van der Waals surface area contributed by atoms with Crippen LogP contribution >= 0.6 is 0 Å². The predicted molar refractivity (Wildman–Crippen MR) is 83.8 cm³/mol. The first-order chi connectivity index (χ1) is 10.7. The molecule has 4 heteroatoms. The van der Waals surface area contributed by atoms with Crippen LogP contribution in [-0.4, -0.2) is 23.5 Å². The lowest BCUT2D eigenvalue weighted by Crippen LogP contribution is -2.29. The highest BCUT2D eigenvalue weighted by Crippen LogP contribution is 2.31. The highest BCUT2D eigenvalue weighted by Gasteiger charge is 2.32. The number of hydrogen-bond acceptors (Lipinski definition) is 4. The average molecular weight is 293 g/mol. The molecular formula is C18H15NO3. The van der Waals surface area contributed by atoms with Gasteiger partial charge in [0.05, 0.1) is 12.6 Å². The van der Waals surface area contributed by atoms with Gasteiger partial charge in [0, 0.05) is 17.1 Å². The summed E-state index contributed by atoms with van der Waals surface area (Å²) in [7, 11) is 1.54. The number of aliphatic hydroxyl groups is 1. The van der Waals surface area contributed by atoms with Crippen LogP contribution in [-0.2, 0) is 10.4 Å². The molecule has 2 aromatic carbocycles. The van der Waals surface area contributed by atoms with Crippen LogP contribution in [0.1, 0.15) is 11.1 Å². The van der Waals surface area contributed by atoms with Crippen LogP contribution in [0, 0.1) is 0 Å². The van der Waals surface area contributed by atoms with Crippen LogP contribution in [0.2, 0.25) is 0 Å². The van der Waals surface area contributed by atoms with Crippen LogP contribution < -0.4 is 4.74 Å². The number of methoxy groups -OCH3 is 1. The standard InChI is InChI=1S/C18H15NO3/c1-22-16-7-4-6-14(10-16)18(21,12-20)15-9-13-5-2-3-8-17(13)19-11-15/h2-12,21H,1H3. The van der Waals surface area contributed by atoms with Gasteiger partial charge in [-0.15, -0.1) is 0 Å². The molecule has 0 amide bonds. The van der Waals surface area contributed by atoms with Crippen molar-refractivity contribution in [2.75, 3.05) is 7.11 Å². The van der Waals surface area contributed by atoms with Crippen molar-refractivity contribution in [3.63, 3.8) is 0 Å². The summed E-state index contributed by atoms with van der Waals surface area (Å²) in [5.74, 6) is 0.575. The van der Waals surface area contributed by atoms with Crippen LogP contribution in [0.15, 0.2) is 60.8 Å². The van der Waals surface area contributed by atoms with Gasteiger partial charge in [-0.25, -0.2) is 0 Å². The van der Waals surface area contributed by atoms with Gasteiger partial charge >= 0.3 is 0 Å². The van der Waals surface area contributed by atoms with Gasteiger partial charge in [-0.1, -0.05) is 30.3 Å². The quantitative estimate of drug-likeness (QED) is 0.751. The Balaban J connectivity index is 2.16. The van der Waals surface area contributed by atoms with Crippen molar-refractivity contribution >= 4 is 17.2 Å². The van der Waals surface area contributed by atoms with Crippen molar-refractivity contribution in [1.82, 2.24) is 4.98 Å². The summed E-state index contributed by atoms with van der Waals surface area (Å²) in [6.07, 6.45) is 2.05. The van der Waals surface area contributed by atoms with Crippen molar-refractivity contribution in [2.24, 2.45) is 0 Å². The van der Waals surface area contributed by atoms with E-state index in [1.54, 1.807) is 30.3 Å². The molecule has 1 unspecified atom stereocenters. The molecule has 1 N–H and O–H groups in total. The fourth-order valence-electron chi connectivity index (χ4n) is 2.44. The molecule has 3 aromatic rings. The van der Waals surface area contributed by atoms with Gasteiger partial charge < -0.3 is 9.84 Å². The Hall–Kier alpha value is -2.72. The number of fused-ring (bicyclic) bond motifs is 1. The Kier molecular flexibility index (Phi) is 3.61. The second-order valence-corrected chi connectivity index (χ2v) is 5.03. The molecule has 1 heterocycles. The molecule has 0 radical (unpaired) electrons. The predicted octanol–water partition coefficient (Wildman–Crippen LogP) is 2.68. The lowest BCUT2D eigenvalue weighted by Gasteiger charge is -2.23. The van der Waals surface area contributed by atoms with Crippen molar-refractivity contribution in [1.29, 1.82) is 0 Å². The number of para-hydroxylation sites is 1. The Bertz CT molecular complexity index is 831. The molecule has 1 atom stereocenters. The van der Waals surface area contributed by atoms with E-state index >= 15 is 0 Å². The smallest absolute Gasteiger partial charge is 0.172 e. The van der Waals surface area contributed by atoms with Gasteiger partial charge in [-0.2, -0.15) is 0 Å². The Labute approximate surface area is 128 Å². The van der Waals surface area contributed by atoms with E-state index in [0.717, 1.165) is 10.9 Å². The van der Waals surface area contributed by atoms with Gasteiger partial charge in [0.15, 0.2) is 11.9 Å². The number of carbonyl (C=O) groups is 1. The fourth-order valence-corrected chi connectivity index (χ4v) is 2.44. The summed E-state index contributed by atoms with van der Waals surface area (Å²) in [5, 5.41) is 11.7. The molecule has 0 saturated heterocycles. The summed E-state index contributed by atoms with van der Waals surface area (Å²) < 4.78 is 5.16. The number of rotatable bonds is 4. The number of hydrogen-bond donors (Lipinski definition) is 1. The number of aldehydes is 1. The molecule has 0 aliphatic carbocycles. The number of carbonyl (C=O) groups excluding carboxylic acids is 1. The lowest BCUT2D eigenvalue weighted by atomic mass is 9.88. The number of ether oxygens (including phenoxy) is 1. The monoisotopic (exact) mass is 293 g/mol. The number of nitrogens with zero attached hydrogens (tertiary/aromatic N) is 1. The Morgan fingerprint density at radius 2 is 1.91 bits per heavy atom. The van der Waals surface area contributed by atoms with Crippen molar-refractivity contribution < 1.29 is 14.6 Å². The van der Waals surface area contributed by atoms with Gasteiger partial charge in [0.2, 0.25) is 0 Å². The van der Waals surface area contributed by atoms with Gasteiger partial charge in [-0.3, -0.25) is 9.78 Å². The van der Waals surface area contributed by atoms with Gasteiger partial charge in [0.25, 0.3) is 0 Å². The number of benzene rings is 2. The summed E-state index contributed by atoms with van der Waals surface area (Å²) in [5.41, 5.74) is -0.0792. The van der Waals surface area contributed by atoms with E-state index in [0.29, 0.717) is 23.2 Å². The normalized spacial score (nSPS) is 13.5. The Morgan fingerprint density at radius 1 is 1.09 bits per heavy atom. The molecule has 1 aromatic heterocycles. The molecule has 0 bridgehead atoms. The minimum atomic E-state index is -1.76. The van der Waals surface area contributed by atoms with E-state index in [1.807, 2.05) is 24.3 Å². The molecule has 0 saturated carbocycles. The average Bonchev–Trinajstić information content (AvgIpc) is 2.60. The number of aromatic nitrogens is 1.